The van der Waals surface area contributed by atoms with Crippen molar-refractivity contribution < 1.29 is 0 Å². The third-order valence-electron chi connectivity index (χ3n) is 5.93. The number of rotatable bonds is 9. The van der Waals surface area contributed by atoms with E-state index in [1.165, 1.54) is 11.1 Å². The SMILES string of the molecule is C/C=C/Cn1nc(CCc2ccccc2)nc1Cc1ccc(-c2ccccc2-c2nn[nH]n2)cc1. The number of nitrogens with one attached hydrogen (secondary N) is 1. The number of tetrazole rings is 1. The molecule has 0 atom stereocenters. The molecule has 0 amide bonds. The molecule has 174 valence electrons. The van der Waals surface area contributed by atoms with Gasteiger partial charge in [-0.2, -0.15) is 10.3 Å². The first-order valence-electron chi connectivity index (χ1n) is 11.8. The van der Waals surface area contributed by atoms with Gasteiger partial charge < -0.3 is 0 Å². The molecule has 7 heteroatoms. The summed E-state index contributed by atoms with van der Waals surface area (Å²) in [7, 11) is 0. The zero-order chi connectivity index (χ0) is 23.9. The summed E-state index contributed by atoms with van der Waals surface area (Å²) in [5, 5.41) is 19.3. The summed E-state index contributed by atoms with van der Waals surface area (Å²) in [5.74, 6) is 2.45. The lowest BCUT2D eigenvalue weighted by atomic mass is 9.98. The lowest BCUT2D eigenvalue weighted by molar-refractivity contribution is 0.651. The minimum absolute atomic E-state index is 0.588. The zero-order valence-corrected chi connectivity index (χ0v) is 19.7. The van der Waals surface area contributed by atoms with Crippen LogP contribution in [0.5, 0.6) is 0 Å². The molecule has 0 saturated heterocycles. The van der Waals surface area contributed by atoms with E-state index in [1.54, 1.807) is 0 Å². The van der Waals surface area contributed by atoms with Crippen LogP contribution in [-0.4, -0.2) is 35.4 Å². The maximum atomic E-state index is 4.89. The normalized spacial score (nSPS) is 11.3. The van der Waals surface area contributed by atoms with Gasteiger partial charge in [0.1, 0.15) is 5.82 Å². The highest BCUT2D eigenvalue weighted by Gasteiger charge is 2.13. The smallest absolute Gasteiger partial charge is 0.205 e. The molecule has 3 aromatic carbocycles. The van der Waals surface area contributed by atoms with Crippen molar-refractivity contribution in [2.75, 3.05) is 0 Å². The van der Waals surface area contributed by atoms with Crippen LogP contribution in [-0.2, 0) is 25.8 Å². The molecular weight excluding hydrogens is 434 g/mol. The summed E-state index contributed by atoms with van der Waals surface area (Å²) in [4.78, 5) is 4.89. The highest BCUT2D eigenvalue weighted by atomic mass is 15.5. The van der Waals surface area contributed by atoms with E-state index in [0.717, 1.165) is 54.1 Å². The zero-order valence-electron chi connectivity index (χ0n) is 19.7. The Morgan fingerprint density at radius 3 is 2.34 bits per heavy atom. The fourth-order valence-electron chi connectivity index (χ4n) is 4.11. The molecule has 0 bridgehead atoms. The molecule has 2 heterocycles. The number of aromatic amines is 1. The largest absolute Gasteiger partial charge is 0.246 e. The second kappa shape index (κ2) is 10.7. The minimum Gasteiger partial charge on any atom is -0.246 e. The predicted molar refractivity (Wildman–Crippen MR) is 137 cm³/mol. The molecule has 0 aliphatic heterocycles. The number of hydrogen-bond acceptors (Lipinski definition) is 5. The highest BCUT2D eigenvalue weighted by Crippen LogP contribution is 2.30. The summed E-state index contributed by atoms with van der Waals surface area (Å²) in [6.07, 6.45) is 6.64. The van der Waals surface area contributed by atoms with Crippen molar-refractivity contribution in [2.24, 2.45) is 0 Å². The third-order valence-corrected chi connectivity index (χ3v) is 5.93. The van der Waals surface area contributed by atoms with Gasteiger partial charge in [-0.25, -0.2) is 9.67 Å². The van der Waals surface area contributed by atoms with E-state index < -0.39 is 0 Å². The van der Waals surface area contributed by atoms with Crippen molar-refractivity contribution in [3.63, 3.8) is 0 Å². The topological polar surface area (TPSA) is 85.2 Å². The van der Waals surface area contributed by atoms with Crippen LogP contribution in [0.4, 0.5) is 0 Å². The number of aromatic nitrogens is 7. The predicted octanol–water partition coefficient (Wildman–Crippen LogP) is 5.08. The van der Waals surface area contributed by atoms with E-state index in [2.05, 4.69) is 81.3 Å². The lowest BCUT2D eigenvalue weighted by Crippen LogP contribution is -2.05. The Hall–Kier alpha value is -4.39. The molecule has 5 rings (SSSR count). The first-order chi connectivity index (χ1) is 17.3. The van der Waals surface area contributed by atoms with Gasteiger partial charge in [-0.15, -0.1) is 10.2 Å². The van der Waals surface area contributed by atoms with Crippen LogP contribution < -0.4 is 0 Å². The van der Waals surface area contributed by atoms with Gasteiger partial charge in [0.2, 0.25) is 5.82 Å². The Kier molecular flexibility index (Phi) is 6.84. The number of nitrogens with zero attached hydrogens (tertiary/aromatic N) is 6. The maximum Gasteiger partial charge on any atom is 0.205 e. The van der Waals surface area contributed by atoms with Gasteiger partial charge >= 0.3 is 0 Å². The maximum absolute atomic E-state index is 4.89. The Balaban J connectivity index is 1.35. The van der Waals surface area contributed by atoms with Crippen LogP contribution in [0.25, 0.3) is 22.5 Å². The third kappa shape index (κ3) is 5.41. The molecule has 0 spiro atoms. The standard InChI is InChI=1S/C28H27N7/c1-2-3-19-35-27(29-26(32-35)18-15-21-9-5-4-6-10-21)20-22-13-16-23(17-14-22)24-11-7-8-12-25(24)28-30-33-34-31-28/h2-14,16-17H,15,18-20H2,1H3,(H,30,31,33,34)/b3-2+. The van der Waals surface area contributed by atoms with Gasteiger partial charge in [0, 0.05) is 18.4 Å². The van der Waals surface area contributed by atoms with Gasteiger partial charge in [0.05, 0.1) is 6.54 Å². The average molecular weight is 462 g/mol. The Labute approximate surface area is 204 Å². The van der Waals surface area contributed by atoms with Crippen molar-refractivity contribution >= 4 is 0 Å². The van der Waals surface area contributed by atoms with Gasteiger partial charge in [-0.05, 0) is 40.8 Å². The van der Waals surface area contributed by atoms with Crippen molar-refractivity contribution in [1.82, 2.24) is 35.4 Å². The monoisotopic (exact) mass is 461 g/mol. The van der Waals surface area contributed by atoms with Crippen LogP contribution in [0.15, 0.2) is 91.0 Å². The molecule has 7 nitrogen and oxygen atoms in total. The van der Waals surface area contributed by atoms with Crippen molar-refractivity contribution in [3.05, 3.63) is 114 Å². The van der Waals surface area contributed by atoms with Crippen LogP contribution >= 0.6 is 0 Å². The summed E-state index contributed by atoms with van der Waals surface area (Å²) in [5.41, 5.74) is 5.61. The Morgan fingerprint density at radius 1 is 0.829 bits per heavy atom. The first-order valence-corrected chi connectivity index (χ1v) is 11.8. The van der Waals surface area contributed by atoms with Gasteiger partial charge in [0.15, 0.2) is 5.82 Å². The summed E-state index contributed by atoms with van der Waals surface area (Å²) < 4.78 is 2.01. The molecule has 0 fully saturated rings. The molecule has 0 aliphatic carbocycles. The molecule has 5 aromatic rings. The summed E-state index contributed by atoms with van der Waals surface area (Å²) in [6, 6.07) is 27.2. The molecule has 0 radical (unpaired) electrons. The second-order valence-corrected chi connectivity index (χ2v) is 8.34. The van der Waals surface area contributed by atoms with Crippen LogP contribution in [0.1, 0.15) is 29.7 Å². The molecule has 0 unspecified atom stereocenters. The molecule has 0 saturated carbocycles. The van der Waals surface area contributed by atoms with Gasteiger partial charge in [-0.3, -0.25) is 0 Å². The summed E-state index contributed by atoms with van der Waals surface area (Å²) in [6.45, 7) is 2.75. The molecular formula is C28H27N7. The van der Waals surface area contributed by atoms with Crippen molar-refractivity contribution in [1.29, 1.82) is 0 Å². The minimum atomic E-state index is 0.588. The van der Waals surface area contributed by atoms with E-state index in [1.807, 2.05) is 41.9 Å². The highest BCUT2D eigenvalue weighted by molar-refractivity contribution is 5.80. The molecule has 0 aliphatic rings. The van der Waals surface area contributed by atoms with E-state index in [4.69, 9.17) is 10.1 Å². The lowest BCUT2D eigenvalue weighted by Gasteiger charge is -2.08. The fraction of sp³-hybridized carbons (Fsp3) is 0.179. The number of aryl methyl sites for hydroxylation is 2. The number of H-pyrrole nitrogens is 1. The van der Waals surface area contributed by atoms with E-state index >= 15 is 0 Å². The van der Waals surface area contributed by atoms with Crippen LogP contribution in [0.2, 0.25) is 0 Å². The van der Waals surface area contributed by atoms with E-state index in [9.17, 15) is 0 Å². The van der Waals surface area contributed by atoms with Gasteiger partial charge in [0.25, 0.3) is 0 Å². The molecule has 2 aromatic heterocycles. The summed E-state index contributed by atoms with van der Waals surface area (Å²) >= 11 is 0. The van der Waals surface area contributed by atoms with E-state index in [0.29, 0.717) is 5.82 Å². The number of allylic oxidation sites excluding steroid dienone is 2. The van der Waals surface area contributed by atoms with Gasteiger partial charge in [-0.1, -0.05) is 91.0 Å². The molecule has 35 heavy (non-hydrogen) atoms. The quantitative estimate of drug-likeness (QED) is 0.310. The number of benzene rings is 3. The van der Waals surface area contributed by atoms with E-state index in [-0.39, 0.29) is 0 Å². The van der Waals surface area contributed by atoms with Crippen LogP contribution in [0.3, 0.4) is 0 Å². The average Bonchev–Trinajstić information content (AvgIpc) is 3.58. The van der Waals surface area contributed by atoms with Crippen molar-refractivity contribution in [3.8, 4) is 22.5 Å². The first kappa shape index (κ1) is 22.4. The molecule has 1 N–H and O–H groups in total. The van der Waals surface area contributed by atoms with Crippen LogP contribution in [0, 0.1) is 0 Å². The second-order valence-electron chi connectivity index (χ2n) is 8.34. The Morgan fingerprint density at radius 2 is 1.60 bits per heavy atom. The fourth-order valence-corrected chi connectivity index (χ4v) is 4.11. The van der Waals surface area contributed by atoms with Crippen molar-refractivity contribution in [2.45, 2.75) is 32.7 Å². The number of hydrogen-bond donors (Lipinski definition) is 1. The Bertz CT molecular complexity index is 1390.